The molecule has 1 saturated heterocycles. The molecule has 0 amide bonds. The lowest BCUT2D eigenvalue weighted by atomic mass is 10.1. The lowest BCUT2D eigenvalue weighted by molar-refractivity contribution is 0.0693. The van der Waals surface area contributed by atoms with Crippen molar-refractivity contribution in [1.29, 1.82) is 0 Å². The molecule has 0 bridgehead atoms. The van der Waals surface area contributed by atoms with E-state index < -0.39 is 17.0 Å². The van der Waals surface area contributed by atoms with Gasteiger partial charge in [-0.2, -0.15) is 4.79 Å². The highest BCUT2D eigenvalue weighted by Gasteiger charge is 2.22. The summed E-state index contributed by atoms with van der Waals surface area (Å²) in [6.07, 6.45) is 0.722. The zero-order valence-corrected chi connectivity index (χ0v) is 12.9. The van der Waals surface area contributed by atoms with Gasteiger partial charge in [0.2, 0.25) is 5.43 Å². The summed E-state index contributed by atoms with van der Waals surface area (Å²) >= 11 is 0. The fourth-order valence-electron chi connectivity index (χ4n) is 3.16. The van der Waals surface area contributed by atoms with Gasteiger partial charge in [-0.25, -0.2) is 4.79 Å². The number of hydrogen-bond donors (Lipinski definition) is 2. The van der Waals surface area contributed by atoms with Crippen LogP contribution in [-0.2, 0) is 0 Å². The predicted molar refractivity (Wildman–Crippen MR) is 85.9 cm³/mol. The third kappa shape index (κ3) is 2.79. The van der Waals surface area contributed by atoms with Gasteiger partial charge in [-0.15, -0.1) is 0 Å². The number of aromatic nitrogens is 1. The van der Waals surface area contributed by atoms with Gasteiger partial charge in [-0.3, -0.25) is 4.79 Å². The normalized spacial score (nSPS) is 21.6. The zero-order valence-electron chi connectivity index (χ0n) is 12.9. The Hall–Kier alpha value is -2.41. The summed E-state index contributed by atoms with van der Waals surface area (Å²) in [5.41, 5.74) is -0.352. The fourth-order valence-corrected chi connectivity index (χ4v) is 3.16. The summed E-state index contributed by atoms with van der Waals surface area (Å²) in [4.78, 5) is 25.5. The maximum atomic E-state index is 14.2. The summed E-state index contributed by atoms with van der Waals surface area (Å²) < 4.78 is 14.2. The van der Waals surface area contributed by atoms with Crippen LogP contribution in [0.4, 0.5) is 10.2 Å². The minimum absolute atomic E-state index is 0.0624. The van der Waals surface area contributed by atoms with Crippen molar-refractivity contribution in [3.8, 4) is 0 Å². The van der Waals surface area contributed by atoms with Crippen molar-refractivity contribution in [3.05, 3.63) is 40.2 Å². The number of halogens is 1. The first kappa shape index (κ1) is 15.5. The SMILES string of the molecule is CC1CN(c2ccc3c(=O)c(C(=O)O)cn(F)c3c2)CC(C)N1. The molecule has 0 saturated carbocycles. The molecule has 2 atom stereocenters. The lowest BCUT2D eigenvalue weighted by Gasteiger charge is -2.37. The highest BCUT2D eigenvalue weighted by molar-refractivity contribution is 5.93. The molecule has 3 rings (SSSR count). The third-order valence-electron chi connectivity index (χ3n) is 4.10. The summed E-state index contributed by atoms with van der Waals surface area (Å²) in [6.45, 7) is 5.71. The molecular formula is C16H18FN3O3. The molecule has 0 spiro atoms. The average molecular weight is 319 g/mol. The molecule has 1 aliphatic heterocycles. The Balaban J connectivity index is 2.09. The Labute approximate surface area is 132 Å². The second-order valence-corrected chi connectivity index (χ2v) is 6.06. The number of carbonyl (C=O) groups is 1. The molecule has 1 fully saturated rings. The Kier molecular flexibility index (Phi) is 3.81. The van der Waals surface area contributed by atoms with Crippen LogP contribution in [0, 0.1) is 0 Å². The van der Waals surface area contributed by atoms with Crippen LogP contribution in [0.1, 0.15) is 24.2 Å². The zero-order chi connectivity index (χ0) is 16.7. The molecule has 122 valence electrons. The number of benzene rings is 1. The lowest BCUT2D eigenvalue weighted by Crippen LogP contribution is -2.54. The topological polar surface area (TPSA) is 74.6 Å². The molecule has 23 heavy (non-hydrogen) atoms. The van der Waals surface area contributed by atoms with Crippen LogP contribution in [-0.4, -0.2) is 41.0 Å². The molecule has 7 heteroatoms. The molecular weight excluding hydrogens is 301 g/mol. The molecule has 1 aromatic carbocycles. The van der Waals surface area contributed by atoms with Crippen molar-refractivity contribution in [2.45, 2.75) is 25.9 Å². The van der Waals surface area contributed by atoms with Gasteiger partial charge in [0, 0.05) is 36.2 Å². The van der Waals surface area contributed by atoms with Crippen LogP contribution in [0.2, 0.25) is 0 Å². The third-order valence-corrected chi connectivity index (χ3v) is 4.10. The Bertz CT molecular complexity index is 823. The van der Waals surface area contributed by atoms with Gasteiger partial charge in [-0.1, -0.05) is 4.48 Å². The molecule has 2 aromatic rings. The van der Waals surface area contributed by atoms with Crippen LogP contribution < -0.4 is 15.6 Å². The van der Waals surface area contributed by atoms with E-state index >= 15 is 0 Å². The van der Waals surface area contributed by atoms with Gasteiger partial charge < -0.3 is 15.3 Å². The van der Waals surface area contributed by atoms with E-state index in [9.17, 15) is 14.1 Å². The van der Waals surface area contributed by atoms with E-state index in [2.05, 4.69) is 24.1 Å². The number of anilines is 1. The molecule has 0 radical (unpaired) electrons. The fraction of sp³-hybridized carbons (Fsp3) is 0.375. The van der Waals surface area contributed by atoms with Crippen molar-refractivity contribution in [2.75, 3.05) is 18.0 Å². The Morgan fingerprint density at radius 1 is 1.30 bits per heavy atom. The molecule has 2 unspecified atom stereocenters. The van der Waals surface area contributed by atoms with Crippen molar-refractivity contribution in [2.24, 2.45) is 0 Å². The van der Waals surface area contributed by atoms with Crippen LogP contribution in [0.3, 0.4) is 0 Å². The Morgan fingerprint density at radius 2 is 1.96 bits per heavy atom. The van der Waals surface area contributed by atoms with Crippen molar-refractivity contribution in [3.63, 3.8) is 0 Å². The van der Waals surface area contributed by atoms with E-state index in [1.165, 1.54) is 6.07 Å². The van der Waals surface area contributed by atoms with Gasteiger partial charge in [-0.05, 0) is 32.0 Å². The van der Waals surface area contributed by atoms with Crippen molar-refractivity contribution in [1.82, 2.24) is 10.1 Å². The first-order valence-electron chi connectivity index (χ1n) is 7.46. The summed E-state index contributed by atoms with van der Waals surface area (Å²) in [7, 11) is 0. The molecule has 2 N–H and O–H groups in total. The maximum Gasteiger partial charge on any atom is 0.341 e. The summed E-state index contributed by atoms with van der Waals surface area (Å²) in [6, 6.07) is 5.42. The molecule has 0 aliphatic carbocycles. The summed E-state index contributed by atoms with van der Waals surface area (Å²) in [5.74, 6) is -1.43. The molecule has 6 nitrogen and oxygen atoms in total. The minimum Gasteiger partial charge on any atom is -0.477 e. The van der Waals surface area contributed by atoms with E-state index in [4.69, 9.17) is 5.11 Å². The van der Waals surface area contributed by atoms with Gasteiger partial charge in [0.25, 0.3) is 0 Å². The van der Waals surface area contributed by atoms with Gasteiger partial charge in [0.15, 0.2) is 0 Å². The highest BCUT2D eigenvalue weighted by Crippen LogP contribution is 2.23. The molecule has 1 aromatic heterocycles. The largest absolute Gasteiger partial charge is 0.477 e. The van der Waals surface area contributed by atoms with Crippen molar-refractivity contribution >= 4 is 22.6 Å². The van der Waals surface area contributed by atoms with Gasteiger partial charge in [0.1, 0.15) is 5.56 Å². The summed E-state index contributed by atoms with van der Waals surface area (Å²) in [5, 5.41) is 12.5. The first-order valence-corrected chi connectivity index (χ1v) is 7.46. The second-order valence-electron chi connectivity index (χ2n) is 6.06. The number of aromatic carboxylic acids is 1. The quantitative estimate of drug-likeness (QED) is 0.880. The van der Waals surface area contributed by atoms with Crippen LogP contribution in [0.25, 0.3) is 10.9 Å². The van der Waals surface area contributed by atoms with E-state index in [-0.39, 0.29) is 15.7 Å². The molecule has 2 heterocycles. The number of pyridine rings is 1. The number of nitrogens with zero attached hydrogens (tertiary/aromatic N) is 2. The molecule has 1 aliphatic rings. The highest BCUT2D eigenvalue weighted by atomic mass is 19.2. The van der Waals surface area contributed by atoms with Crippen LogP contribution in [0.5, 0.6) is 0 Å². The van der Waals surface area contributed by atoms with E-state index in [1.54, 1.807) is 12.1 Å². The van der Waals surface area contributed by atoms with Crippen molar-refractivity contribution < 1.29 is 14.4 Å². The first-order chi connectivity index (χ1) is 10.9. The maximum absolute atomic E-state index is 14.2. The number of hydrogen-bond acceptors (Lipinski definition) is 4. The standard InChI is InChI=1S/C16H18FN3O3/c1-9-6-19(7-10(2)18-9)11-3-4-12-14(5-11)20(17)8-13(15(12)21)16(22)23/h3-5,8-10,18H,6-7H2,1-2H3,(H,22,23). The number of carboxylic acids is 1. The van der Waals surface area contributed by atoms with E-state index in [1.807, 2.05) is 0 Å². The number of piperazine rings is 1. The predicted octanol–water partition coefficient (Wildman–Crippen LogP) is 1.62. The van der Waals surface area contributed by atoms with E-state index in [0.717, 1.165) is 25.0 Å². The van der Waals surface area contributed by atoms with E-state index in [0.29, 0.717) is 12.1 Å². The Morgan fingerprint density at radius 3 is 2.57 bits per heavy atom. The minimum atomic E-state index is -1.43. The number of nitrogens with one attached hydrogen (secondary N) is 1. The smallest absolute Gasteiger partial charge is 0.341 e. The monoisotopic (exact) mass is 319 g/mol. The number of fused-ring (bicyclic) bond motifs is 1. The van der Waals surface area contributed by atoms with Crippen LogP contribution in [0.15, 0.2) is 29.2 Å². The average Bonchev–Trinajstić information content (AvgIpc) is 2.49. The van der Waals surface area contributed by atoms with Gasteiger partial charge in [0.05, 0.1) is 11.7 Å². The van der Waals surface area contributed by atoms with Crippen LogP contribution >= 0.6 is 0 Å². The number of carboxylic acid groups (broad SMARTS) is 1. The van der Waals surface area contributed by atoms with Gasteiger partial charge >= 0.3 is 5.97 Å². The second kappa shape index (κ2) is 5.66. The number of rotatable bonds is 2.